The summed E-state index contributed by atoms with van der Waals surface area (Å²) in [6.07, 6.45) is -2.22. The van der Waals surface area contributed by atoms with Crippen molar-refractivity contribution in [1.29, 1.82) is 0 Å². The molecular weight excluding hydrogens is 257 g/mol. The van der Waals surface area contributed by atoms with Crippen LogP contribution in [-0.4, -0.2) is 31.7 Å². The molecule has 19 heavy (non-hydrogen) atoms. The molecule has 1 amide bonds. The highest BCUT2D eigenvalue weighted by Crippen LogP contribution is 2.39. The van der Waals surface area contributed by atoms with Gasteiger partial charge in [0.15, 0.2) is 0 Å². The second-order valence-electron chi connectivity index (χ2n) is 5.13. The average Bonchev–Trinajstić information content (AvgIpc) is 2.37. The molecule has 0 saturated heterocycles. The Hall–Kier alpha value is -0.780. The number of alkyl halides is 3. The van der Waals surface area contributed by atoms with Crippen molar-refractivity contribution in [1.82, 2.24) is 10.6 Å². The van der Waals surface area contributed by atoms with Gasteiger partial charge < -0.3 is 10.6 Å². The zero-order valence-corrected chi connectivity index (χ0v) is 11.4. The van der Waals surface area contributed by atoms with Crippen LogP contribution in [0, 0.1) is 11.8 Å². The molecule has 0 unspecified atom stereocenters. The summed E-state index contributed by atoms with van der Waals surface area (Å²) in [6.45, 7) is 4.22. The van der Waals surface area contributed by atoms with Crippen molar-refractivity contribution in [2.24, 2.45) is 11.8 Å². The van der Waals surface area contributed by atoms with Crippen LogP contribution in [0.3, 0.4) is 0 Å². The average molecular weight is 280 g/mol. The molecule has 1 fully saturated rings. The molecule has 1 rings (SSSR count). The summed E-state index contributed by atoms with van der Waals surface area (Å²) in [5.74, 6) is -1.56. The number of rotatable bonds is 6. The third kappa shape index (κ3) is 5.80. The smallest absolute Gasteiger partial charge is 0.355 e. The van der Waals surface area contributed by atoms with Crippen molar-refractivity contribution in [3.05, 3.63) is 0 Å². The third-order valence-corrected chi connectivity index (χ3v) is 3.59. The van der Waals surface area contributed by atoms with Gasteiger partial charge in [-0.3, -0.25) is 4.79 Å². The molecule has 0 aromatic carbocycles. The highest BCUT2D eigenvalue weighted by Gasteiger charge is 2.42. The molecule has 0 radical (unpaired) electrons. The van der Waals surface area contributed by atoms with Gasteiger partial charge >= 0.3 is 6.18 Å². The molecule has 0 aromatic rings. The first-order valence-electron chi connectivity index (χ1n) is 7.00. The minimum Gasteiger partial charge on any atom is -0.355 e. The molecule has 112 valence electrons. The van der Waals surface area contributed by atoms with Crippen LogP contribution < -0.4 is 10.6 Å². The van der Waals surface area contributed by atoms with Crippen molar-refractivity contribution >= 4 is 5.91 Å². The normalized spacial score (nSPS) is 24.2. The highest BCUT2D eigenvalue weighted by molar-refractivity contribution is 5.78. The van der Waals surface area contributed by atoms with Gasteiger partial charge in [0.2, 0.25) is 5.91 Å². The minimum absolute atomic E-state index is 0.0790. The van der Waals surface area contributed by atoms with E-state index in [0.717, 1.165) is 13.0 Å². The SMILES string of the molecule is CCCNCCNC(=O)C1CCC(C(F)(F)F)CC1. The summed E-state index contributed by atoms with van der Waals surface area (Å²) in [7, 11) is 0. The number of amides is 1. The molecule has 6 heteroatoms. The molecule has 0 aliphatic heterocycles. The first kappa shape index (κ1) is 16.3. The van der Waals surface area contributed by atoms with Gasteiger partial charge in [0, 0.05) is 19.0 Å². The zero-order chi connectivity index (χ0) is 14.3. The predicted octanol–water partition coefficient (Wildman–Crippen LogP) is 2.47. The Kier molecular flexibility index (Phi) is 6.62. The maximum Gasteiger partial charge on any atom is 0.391 e. The standard InChI is InChI=1S/C13H23F3N2O/c1-2-7-17-8-9-18-12(19)10-3-5-11(6-4-10)13(14,15)16/h10-11,17H,2-9H2,1H3,(H,18,19). The molecule has 2 N–H and O–H groups in total. The van der Waals surface area contributed by atoms with E-state index in [1.54, 1.807) is 0 Å². The van der Waals surface area contributed by atoms with Crippen molar-refractivity contribution in [3.8, 4) is 0 Å². The molecule has 0 bridgehead atoms. The number of hydrogen-bond acceptors (Lipinski definition) is 2. The molecule has 3 nitrogen and oxygen atoms in total. The summed E-state index contributed by atoms with van der Waals surface area (Å²) in [5.41, 5.74) is 0. The number of carbonyl (C=O) groups is 1. The quantitative estimate of drug-likeness (QED) is 0.734. The molecule has 0 atom stereocenters. The maximum absolute atomic E-state index is 12.5. The summed E-state index contributed by atoms with van der Waals surface area (Å²) in [5, 5.41) is 5.94. The summed E-state index contributed by atoms with van der Waals surface area (Å²) < 4.78 is 37.4. The fraction of sp³-hybridized carbons (Fsp3) is 0.923. The van der Waals surface area contributed by atoms with Gasteiger partial charge in [0.1, 0.15) is 0 Å². The van der Waals surface area contributed by atoms with Crippen molar-refractivity contribution in [3.63, 3.8) is 0 Å². The van der Waals surface area contributed by atoms with Crippen molar-refractivity contribution in [2.45, 2.75) is 45.2 Å². The van der Waals surface area contributed by atoms with Gasteiger partial charge in [-0.05, 0) is 38.6 Å². The van der Waals surface area contributed by atoms with Gasteiger partial charge in [-0.15, -0.1) is 0 Å². The van der Waals surface area contributed by atoms with E-state index in [9.17, 15) is 18.0 Å². The molecule has 0 heterocycles. The largest absolute Gasteiger partial charge is 0.391 e. The molecule has 1 saturated carbocycles. The Morgan fingerprint density at radius 1 is 1.11 bits per heavy atom. The number of nitrogens with one attached hydrogen (secondary N) is 2. The summed E-state index contributed by atoms with van der Waals surface area (Å²) in [6, 6.07) is 0. The monoisotopic (exact) mass is 280 g/mol. The Morgan fingerprint density at radius 2 is 1.74 bits per heavy atom. The Bertz CT molecular complexity index is 274. The van der Waals surface area contributed by atoms with Crippen molar-refractivity contribution < 1.29 is 18.0 Å². The Labute approximate surface area is 112 Å². The predicted molar refractivity (Wildman–Crippen MR) is 67.7 cm³/mol. The lowest BCUT2D eigenvalue weighted by atomic mass is 9.81. The van der Waals surface area contributed by atoms with Crippen LogP contribution in [0.2, 0.25) is 0 Å². The van der Waals surface area contributed by atoms with E-state index in [2.05, 4.69) is 17.6 Å². The maximum atomic E-state index is 12.5. The van der Waals surface area contributed by atoms with Gasteiger partial charge in [-0.2, -0.15) is 13.2 Å². The van der Waals surface area contributed by atoms with Crippen LogP contribution in [0.1, 0.15) is 39.0 Å². The Balaban J connectivity index is 2.18. The van der Waals surface area contributed by atoms with Crippen molar-refractivity contribution in [2.75, 3.05) is 19.6 Å². The highest BCUT2D eigenvalue weighted by atomic mass is 19.4. The molecule has 0 spiro atoms. The van der Waals surface area contributed by atoms with E-state index >= 15 is 0 Å². The van der Waals surface area contributed by atoms with Crippen LogP contribution in [0.15, 0.2) is 0 Å². The van der Waals surface area contributed by atoms with Gasteiger partial charge in [0.25, 0.3) is 0 Å². The van der Waals surface area contributed by atoms with Crippen LogP contribution >= 0.6 is 0 Å². The van der Waals surface area contributed by atoms with Crippen LogP contribution in [-0.2, 0) is 4.79 Å². The number of carbonyl (C=O) groups excluding carboxylic acids is 1. The first-order valence-corrected chi connectivity index (χ1v) is 7.00. The van der Waals surface area contributed by atoms with Gasteiger partial charge in [0.05, 0.1) is 5.92 Å². The minimum atomic E-state index is -4.11. The zero-order valence-electron chi connectivity index (χ0n) is 11.4. The van der Waals surface area contributed by atoms with E-state index in [4.69, 9.17) is 0 Å². The molecule has 0 aromatic heterocycles. The van der Waals surface area contributed by atoms with Crippen LogP contribution in [0.5, 0.6) is 0 Å². The fourth-order valence-electron chi connectivity index (χ4n) is 2.40. The second-order valence-corrected chi connectivity index (χ2v) is 5.13. The van der Waals surface area contributed by atoms with Crippen LogP contribution in [0.4, 0.5) is 13.2 Å². The van der Waals surface area contributed by atoms with E-state index < -0.39 is 12.1 Å². The lowest BCUT2D eigenvalue weighted by Gasteiger charge is -2.29. The fourth-order valence-corrected chi connectivity index (χ4v) is 2.40. The second kappa shape index (κ2) is 7.72. The topological polar surface area (TPSA) is 41.1 Å². The third-order valence-electron chi connectivity index (χ3n) is 3.59. The Morgan fingerprint density at radius 3 is 2.26 bits per heavy atom. The van der Waals surface area contributed by atoms with Crippen LogP contribution in [0.25, 0.3) is 0 Å². The number of halogens is 3. The molecule has 1 aliphatic carbocycles. The molecule has 1 aliphatic rings. The van der Waals surface area contributed by atoms with E-state index in [1.807, 2.05) is 0 Å². The first-order chi connectivity index (χ1) is 8.95. The lowest BCUT2D eigenvalue weighted by Crippen LogP contribution is -2.38. The summed E-state index contributed by atoms with van der Waals surface area (Å²) >= 11 is 0. The van der Waals surface area contributed by atoms with E-state index in [-0.39, 0.29) is 24.7 Å². The lowest BCUT2D eigenvalue weighted by molar-refractivity contribution is -0.184. The van der Waals surface area contributed by atoms with E-state index in [0.29, 0.717) is 25.9 Å². The molecular formula is C13H23F3N2O. The summed E-state index contributed by atoms with van der Waals surface area (Å²) in [4.78, 5) is 11.8. The van der Waals surface area contributed by atoms with Gasteiger partial charge in [-0.25, -0.2) is 0 Å². The van der Waals surface area contributed by atoms with E-state index in [1.165, 1.54) is 0 Å². The number of hydrogen-bond donors (Lipinski definition) is 2. The van der Waals surface area contributed by atoms with Gasteiger partial charge in [-0.1, -0.05) is 6.92 Å².